The molecule has 1 aromatic heterocycles. The van der Waals surface area contributed by atoms with E-state index in [-0.39, 0.29) is 5.91 Å². The molecule has 1 fully saturated rings. The van der Waals surface area contributed by atoms with Crippen LogP contribution in [0.2, 0.25) is 0 Å². The Kier molecular flexibility index (Phi) is 5.95. The van der Waals surface area contributed by atoms with Crippen LogP contribution >= 0.6 is 0 Å². The van der Waals surface area contributed by atoms with Crippen molar-refractivity contribution in [2.75, 3.05) is 19.6 Å². The molecule has 2 rings (SSSR count). The van der Waals surface area contributed by atoms with E-state index < -0.39 is 0 Å². The Morgan fingerprint density at radius 2 is 2.36 bits per heavy atom. The summed E-state index contributed by atoms with van der Waals surface area (Å²) in [4.78, 5) is 14.1. The minimum Gasteiger partial charge on any atom is -0.352 e. The molecule has 0 radical (unpaired) electrons. The van der Waals surface area contributed by atoms with Gasteiger partial charge in [0.05, 0.1) is 6.20 Å². The molecule has 0 aliphatic carbocycles. The third-order valence-corrected chi connectivity index (χ3v) is 3.84. The fourth-order valence-electron chi connectivity index (χ4n) is 2.84. The molecule has 1 N–H and O–H groups in total. The molecule has 1 aliphatic heterocycles. The van der Waals surface area contributed by atoms with Crippen LogP contribution < -0.4 is 5.32 Å². The molecule has 1 aliphatic rings. The summed E-state index contributed by atoms with van der Waals surface area (Å²) < 4.78 is 1.73. The molecule has 0 saturated carbocycles. The number of aromatic nitrogens is 2. The number of nitrogens with zero attached hydrogens (tertiary/aromatic N) is 3. The van der Waals surface area contributed by atoms with Gasteiger partial charge in [-0.1, -0.05) is 12.2 Å². The van der Waals surface area contributed by atoms with Gasteiger partial charge in [-0.05, 0) is 39.2 Å². The van der Waals surface area contributed by atoms with E-state index in [0.29, 0.717) is 5.92 Å². The van der Waals surface area contributed by atoms with Gasteiger partial charge in [-0.15, -0.1) is 0 Å². The predicted molar refractivity (Wildman–Crippen MR) is 89.1 cm³/mol. The molecule has 120 valence electrons. The Morgan fingerprint density at radius 1 is 1.55 bits per heavy atom. The lowest BCUT2D eigenvalue weighted by Crippen LogP contribution is -2.40. The van der Waals surface area contributed by atoms with Crippen molar-refractivity contribution in [3.63, 3.8) is 0 Å². The van der Waals surface area contributed by atoms with Gasteiger partial charge < -0.3 is 5.32 Å². The second-order valence-electron chi connectivity index (χ2n) is 6.22. The maximum Gasteiger partial charge on any atom is 0.243 e. The number of carbonyl (C=O) groups excluding carboxylic acids is 1. The van der Waals surface area contributed by atoms with Crippen molar-refractivity contribution in [3.8, 4) is 0 Å². The van der Waals surface area contributed by atoms with Gasteiger partial charge in [0.15, 0.2) is 0 Å². The van der Waals surface area contributed by atoms with Crippen LogP contribution in [0.1, 0.15) is 32.3 Å². The fourth-order valence-corrected chi connectivity index (χ4v) is 2.84. The zero-order valence-electron chi connectivity index (χ0n) is 13.6. The first-order valence-corrected chi connectivity index (χ1v) is 7.87. The van der Waals surface area contributed by atoms with E-state index in [9.17, 15) is 4.79 Å². The van der Waals surface area contributed by atoms with Gasteiger partial charge in [-0.2, -0.15) is 5.10 Å². The van der Waals surface area contributed by atoms with Gasteiger partial charge in [0.25, 0.3) is 0 Å². The average molecular weight is 302 g/mol. The normalized spacial score (nSPS) is 18.7. The third-order valence-electron chi connectivity index (χ3n) is 3.84. The highest BCUT2D eigenvalue weighted by atomic mass is 16.1. The smallest absolute Gasteiger partial charge is 0.243 e. The van der Waals surface area contributed by atoms with E-state index in [0.717, 1.165) is 31.8 Å². The van der Waals surface area contributed by atoms with Crippen LogP contribution in [-0.4, -0.2) is 40.2 Å². The number of allylic oxidation sites excluding steroid dienone is 1. The Bertz CT molecular complexity index is 543. The zero-order chi connectivity index (χ0) is 15.9. The number of hydrogen-bond donors (Lipinski definition) is 1. The van der Waals surface area contributed by atoms with Crippen LogP contribution in [0.4, 0.5) is 0 Å². The van der Waals surface area contributed by atoms with Crippen LogP contribution in [0.25, 0.3) is 6.20 Å². The summed E-state index contributed by atoms with van der Waals surface area (Å²) in [6, 6.07) is 0. The highest BCUT2D eigenvalue weighted by Crippen LogP contribution is 2.18. The summed E-state index contributed by atoms with van der Waals surface area (Å²) in [5, 5.41) is 7.22. The minimum absolute atomic E-state index is 0.0179. The maximum absolute atomic E-state index is 11.7. The molecule has 2 heterocycles. The van der Waals surface area contributed by atoms with Crippen molar-refractivity contribution >= 4 is 12.1 Å². The van der Waals surface area contributed by atoms with Crippen molar-refractivity contribution < 1.29 is 4.79 Å². The van der Waals surface area contributed by atoms with Gasteiger partial charge in [0, 0.05) is 43.7 Å². The second-order valence-corrected chi connectivity index (χ2v) is 6.22. The lowest BCUT2D eigenvalue weighted by Gasteiger charge is -2.32. The average Bonchev–Trinajstić information content (AvgIpc) is 2.92. The number of piperidine rings is 1. The van der Waals surface area contributed by atoms with Crippen molar-refractivity contribution in [1.82, 2.24) is 20.0 Å². The quantitative estimate of drug-likeness (QED) is 0.820. The molecule has 1 saturated heterocycles. The van der Waals surface area contributed by atoms with Gasteiger partial charge in [-0.25, -0.2) is 4.68 Å². The Morgan fingerprint density at radius 3 is 3.05 bits per heavy atom. The van der Waals surface area contributed by atoms with Crippen LogP contribution in [0.5, 0.6) is 0 Å². The topological polar surface area (TPSA) is 50.2 Å². The first-order chi connectivity index (χ1) is 10.6. The number of amides is 1. The summed E-state index contributed by atoms with van der Waals surface area (Å²) in [6.45, 7) is 11.4. The van der Waals surface area contributed by atoms with E-state index in [2.05, 4.69) is 21.9 Å². The predicted octanol–water partition coefficient (Wildman–Crippen LogP) is 2.28. The number of hydrogen-bond acceptors (Lipinski definition) is 3. The zero-order valence-corrected chi connectivity index (χ0v) is 13.6. The summed E-state index contributed by atoms with van der Waals surface area (Å²) in [5.41, 5.74) is 2.23. The standard InChI is InChI=1S/C17H26N4O/c1-4-21-13-16(10-19-21)12-20-7-5-6-15(11-20)9-18-17(22)8-14(2)3/h4,8,10,13,15H,1,5-7,9,11-12H2,2-3H3,(H,18,22)/t15-/m0/s1. The first-order valence-electron chi connectivity index (χ1n) is 7.87. The molecule has 1 aromatic rings. The fraction of sp³-hybridized carbons (Fsp3) is 0.529. The molecule has 0 aromatic carbocycles. The lowest BCUT2D eigenvalue weighted by molar-refractivity contribution is -0.116. The Hall–Kier alpha value is -1.88. The van der Waals surface area contributed by atoms with Crippen LogP contribution in [0.15, 0.2) is 30.6 Å². The lowest BCUT2D eigenvalue weighted by atomic mass is 9.97. The molecule has 22 heavy (non-hydrogen) atoms. The van der Waals surface area contributed by atoms with E-state index in [1.54, 1.807) is 17.0 Å². The molecule has 5 heteroatoms. The van der Waals surface area contributed by atoms with E-state index >= 15 is 0 Å². The molecule has 0 bridgehead atoms. The maximum atomic E-state index is 11.7. The highest BCUT2D eigenvalue weighted by Gasteiger charge is 2.20. The Labute approximate surface area is 132 Å². The molecule has 1 amide bonds. The number of carbonyl (C=O) groups is 1. The number of nitrogens with one attached hydrogen (secondary N) is 1. The van der Waals surface area contributed by atoms with Crippen molar-refractivity contribution in [2.45, 2.75) is 33.2 Å². The number of likely N-dealkylation sites (tertiary alicyclic amines) is 1. The SMILES string of the molecule is C=Cn1cc(CN2CCC[C@@H](CNC(=O)C=C(C)C)C2)cn1. The molecule has 1 atom stereocenters. The van der Waals surface area contributed by atoms with E-state index in [1.165, 1.54) is 18.4 Å². The summed E-state index contributed by atoms with van der Waals surface area (Å²) >= 11 is 0. The van der Waals surface area contributed by atoms with Crippen molar-refractivity contribution in [3.05, 3.63) is 36.2 Å². The monoisotopic (exact) mass is 302 g/mol. The molecular weight excluding hydrogens is 276 g/mol. The second kappa shape index (κ2) is 7.94. The van der Waals surface area contributed by atoms with E-state index in [4.69, 9.17) is 0 Å². The molecule has 0 unspecified atom stereocenters. The Balaban J connectivity index is 1.80. The molecule has 5 nitrogen and oxygen atoms in total. The van der Waals surface area contributed by atoms with Crippen molar-refractivity contribution in [1.29, 1.82) is 0 Å². The summed E-state index contributed by atoms with van der Waals surface area (Å²) in [6.07, 6.45) is 9.61. The third kappa shape index (κ3) is 5.15. The largest absolute Gasteiger partial charge is 0.352 e. The van der Waals surface area contributed by atoms with Gasteiger partial charge in [0.1, 0.15) is 0 Å². The van der Waals surface area contributed by atoms with Gasteiger partial charge in [-0.3, -0.25) is 9.69 Å². The minimum atomic E-state index is 0.0179. The van der Waals surface area contributed by atoms with Gasteiger partial charge >= 0.3 is 0 Å². The van der Waals surface area contributed by atoms with E-state index in [1.807, 2.05) is 26.2 Å². The highest BCUT2D eigenvalue weighted by molar-refractivity contribution is 5.87. The summed E-state index contributed by atoms with van der Waals surface area (Å²) in [7, 11) is 0. The number of rotatable bonds is 6. The first kappa shape index (κ1) is 16.5. The van der Waals surface area contributed by atoms with Crippen molar-refractivity contribution in [2.24, 2.45) is 5.92 Å². The van der Waals surface area contributed by atoms with Crippen LogP contribution in [0, 0.1) is 5.92 Å². The molecular formula is C17H26N4O. The summed E-state index contributed by atoms with van der Waals surface area (Å²) in [5.74, 6) is 0.544. The van der Waals surface area contributed by atoms with Gasteiger partial charge in [0.2, 0.25) is 5.91 Å². The van der Waals surface area contributed by atoms with Crippen LogP contribution in [-0.2, 0) is 11.3 Å². The molecule has 0 spiro atoms. The van der Waals surface area contributed by atoms with Crippen LogP contribution in [0.3, 0.4) is 0 Å².